The number of aromatic nitrogens is 4. The van der Waals surface area contributed by atoms with Crippen LogP contribution in [0.4, 0.5) is 5.69 Å². The van der Waals surface area contributed by atoms with Gasteiger partial charge in [-0.3, -0.25) is 4.79 Å². The van der Waals surface area contributed by atoms with Gasteiger partial charge in [-0.2, -0.15) is 4.98 Å². The first-order valence-corrected chi connectivity index (χ1v) is 8.58. The predicted octanol–water partition coefficient (Wildman–Crippen LogP) is 2.94. The molecule has 23 heavy (non-hydrogen) atoms. The maximum Gasteiger partial charge on any atom is 0.257 e. The highest BCUT2D eigenvalue weighted by atomic mass is 32.2. The summed E-state index contributed by atoms with van der Waals surface area (Å²) in [7, 11) is 0. The number of thioether (sulfide) groups is 1. The molecule has 0 radical (unpaired) electrons. The van der Waals surface area contributed by atoms with Gasteiger partial charge >= 0.3 is 0 Å². The quantitative estimate of drug-likeness (QED) is 0.709. The largest absolute Gasteiger partial charge is 0.334 e. The second kappa shape index (κ2) is 6.88. The number of nitrogens with one attached hydrogen (secondary N) is 1. The van der Waals surface area contributed by atoms with Crippen LogP contribution >= 0.6 is 23.1 Å². The molecule has 0 unspecified atom stereocenters. The van der Waals surface area contributed by atoms with E-state index in [0.717, 1.165) is 21.2 Å². The average Bonchev–Trinajstić information content (AvgIpc) is 3.19. The van der Waals surface area contributed by atoms with Gasteiger partial charge in [-0.25, -0.2) is 0 Å². The topological polar surface area (TPSA) is 93.8 Å². The second-order valence-electron chi connectivity index (χ2n) is 4.72. The molecule has 0 atom stereocenters. The van der Waals surface area contributed by atoms with Crippen LogP contribution in [-0.2, 0) is 4.79 Å². The second-order valence-corrected chi connectivity index (χ2v) is 6.77. The number of carbonyl (C=O) groups excluding carboxylic acids is 1. The van der Waals surface area contributed by atoms with Crippen LogP contribution < -0.4 is 5.32 Å². The highest BCUT2D eigenvalue weighted by molar-refractivity contribution is 8.01. The predicted molar refractivity (Wildman–Crippen MR) is 88.5 cm³/mol. The first-order valence-electron chi connectivity index (χ1n) is 6.72. The Morgan fingerprint density at radius 2 is 2.26 bits per heavy atom. The van der Waals surface area contributed by atoms with Gasteiger partial charge in [0.05, 0.1) is 5.75 Å². The highest BCUT2D eigenvalue weighted by Gasteiger charge is 2.11. The molecule has 3 aromatic rings. The molecule has 118 valence electrons. The van der Waals surface area contributed by atoms with Crippen LogP contribution in [0.1, 0.15) is 11.4 Å². The van der Waals surface area contributed by atoms with Crippen LogP contribution in [-0.4, -0.2) is 32.0 Å². The van der Waals surface area contributed by atoms with Crippen molar-refractivity contribution in [2.75, 3.05) is 11.1 Å². The van der Waals surface area contributed by atoms with Crippen LogP contribution in [0.2, 0.25) is 0 Å². The smallest absolute Gasteiger partial charge is 0.257 e. The maximum atomic E-state index is 12.1. The van der Waals surface area contributed by atoms with Crippen molar-refractivity contribution in [3.8, 4) is 11.5 Å². The van der Waals surface area contributed by atoms with E-state index in [1.165, 1.54) is 23.1 Å². The Morgan fingerprint density at radius 3 is 2.96 bits per heavy atom. The van der Waals surface area contributed by atoms with Crippen LogP contribution in [0.3, 0.4) is 0 Å². The molecule has 1 amide bonds. The molecule has 0 aliphatic carbocycles. The SMILES string of the molecule is Cc1noc(-c2ccc(C)c(NC(=O)CSc3nncs3)c2)n1. The summed E-state index contributed by atoms with van der Waals surface area (Å²) in [5, 5.41) is 14.3. The Bertz CT molecular complexity index is 816. The number of nitrogens with zero attached hydrogens (tertiary/aromatic N) is 4. The number of amides is 1. The van der Waals surface area contributed by atoms with Crippen molar-refractivity contribution >= 4 is 34.7 Å². The van der Waals surface area contributed by atoms with Crippen LogP contribution in [0, 0.1) is 13.8 Å². The Morgan fingerprint density at radius 1 is 1.39 bits per heavy atom. The third kappa shape index (κ3) is 3.93. The van der Waals surface area contributed by atoms with Gasteiger partial charge in [0.15, 0.2) is 10.2 Å². The van der Waals surface area contributed by atoms with E-state index in [1.807, 2.05) is 25.1 Å². The van der Waals surface area contributed by atoms with Crippen molar-refractivity contribution < 1.29 is 9.32 Å². The maximum absolute atomic E-state index is 12.1. The van der Waals surface area contributed by atoms with E-state index in [4.69, 9.17) is 4.52 Å². The standard InChI is InChI=1S/C14H13N5O2S2/c1-8-3-4-10(13-16-9(2)19-21-13)5-11(8)17-12(20)6-22-14-18-15-7-23-14/h3-5,7H,6H2,1-2H3,(H,17,20). The van der Waals surface area contributed by atoms with Crippen molar-refractivity contribution in [1.82, 2.24) is 20.3 Å². The molecule has 2 aromatic heterocycles. The lowest BCUT2D eigenvalue weighted by Crippen LogP contribution is -2.14. The number of carbonyl (C=O) groups is 1. The molecule has 3 rings (SSSR count). The summed E-state index contributed by atoms with van der Waals surface area (Å²) in [5.74, 6) is 1.17. The Hall–Kier alpha value is -2.26. The summed E-state index contributed by atoms with van der Waals surface area (Å²) in [4.78, 5) is 16.3. The Kier molecular flexibility index (Phi) is 4.68. The highest BCUT2D eigenvalue weighted by Crippen LogP contribution is 2.25. The first-order chi connectivity index (χ1) is 11.1. The van der Waals surface area contributed by atoms with Crippen molar-refractivity contribution in [2.45, 2.75) is 18.2 Å². The molecule has 1 N–H and O–H groups in total. The minimum Gasteiger partial charge on any atom is -0.334 e. The fourth-order valence-electron chi connectivity index (χ4n) is 1.84. The lowest BCUT2D eigenvalue weighted by Gasteiger charge is -2.09. The molecule has 2 heterocycles. The zero-order chi connectivity index (χ0) is 16.2. The van der Waals surface area contributed by atoms with Gasteiger partial charge < -0.3 is 9.84 Å². The van der Waals surface area contributed by atoms with Gasteiger partial charge in [0.2, 0.25) is 5.91 Å². The number of anilines is 1. The monoisotopic (exact) mass is 347 g/mol. The van der Waals surface area contributed by atoms with E-state index in [2.05, 4.69) is 25.7 Å². The van der Waals surface area contributed by atoms with Gasteiger partial charge in [0, 0.05) is 11.3 Å². The van der Waals surface area contributed by atoms with Crippen molar-refractivity contribution in [2.24, 2.45) is 0 Å². The van der Waals surface area contributed by atoms with E-state index < -0.39 is 0 Å². The van der Waals surface area contributed by atoms with Gasteiger partial charge in [-0.15, -0.1) is 10.2 Å². The zero-order valence-electron chi connectivity index (χ0n) is 12.4. The van der Waals surface area contributed by atoms with Crippen LogP contribution in [0.25, 0.3) is 11.5 Å². The molecule has 0 saturated carbocycles. The molecule has 0 saturated heterocycles. The number of hydrogen-bond acceptors (Lipinski definition) is 8. The first kappa shape index (κ1) is 15.6. The zero-order valence-corrected chi connectivity index (χ0v) is 14.1. The van der Waals surface area contributed by atoms with E-state index in [9.17, 15) is 4.79 Å². The molecule has 9 heteroatoms. The van der Waals surface area contributed by atoms with E-state index in [0.29, 0.717) is 11.7 Å². The number of benzene rings is 1. The average molecular weight is 347 g/mol. The molecule has 1 aromatic carbocycles. The lowest BCUT2D eigenvalue weighted by molar-refractivity contribution is -0.113. The Balaban J connectivity index is 1.70. The molecule has 0 aliphatic rings. The van der Waals surface area contributed by atoms with Gasteiger partial charge in [0.1, 0.15) is 5.51 Å². The molecule has 0 aliphatic heterocycles. The Labute approximate surface area is 140 Å². The van der Waals surface area contributed by atoms with Gasteiger partial charge in [-0.1, -0.05) is 34.3 Å². The summed E-state index contributed by atoms with van der Waals surface area (Å²) in [6.07, 6.45) is 0. The van der Waals surface area contributed by atoms with Gasteiger partial charge in [0.25, 0.3) is 5.89 Å². The van der Waals surface area contributed by atoms with Crippen molar-refractivity contribution in [3.63, 3.8) is 0 Å². The number of hydrogen-bond donors (Lipinski definition) is 1. The summed E-state index contributed by atoms with van der Waals surface area (Å²) >= 11 is 2.77. The fraction of sp³-hybridized carbons (Fsp3) is 0.214. The molecule has 0 bridgehead atoms. The summed E-state index contributed by atoms with van der Waals surface area (Å²) in [6, 6.07) is 5.62. The molecule has 7 nitrogen and oxygen atoms in total. The van der Waals surface area contributed by atoms with Gasteiger partial charge in [-0.05, 0) is 31.5 Å². The van der Waals surface area contributed by atoms with Crippen LogP contribution in [0.5, 0.6) is 0 Å². The number of aryl methyl sites for hydroxylation is 2. The van der Waals surface area contributed by atoms with E-state index in [1.54, 1.807) is 12.4 Å². The van der Waals surface area contributed by atoms with Crippen molar-refractivity contribution in [1.29, 1.82) is 0 Å². The van der Waals surface area contributed by atoms with Crippen molar-refractivity contribution in [3.05, 3.63) is 35.1 Å². The third-order valence-corrected chi connectivity index (χ3v) is 4.81. The summed E-state index contributed by atoms with van der Waals surface area (Å²) < 4.78 is 5.93. The lowest BCUT2D eigenvalue weighted by atomic mass is 10.1. The molecule has 0 spiro atoms. The number of rotatable bonds is 5. The molecular weight excluding hydrogens is 334 g/mol. The fourth-order valence-corrected chi connectivity index (χ4v) is 3.13. The minimum absolute atomic E-state index is 0.104. The third-order valence-electron chi connectivity index (χ3n) is 2.95. The molecule has 0 fully saturated rings. The summed E-state index contributed by atoms with van der Waals surface area (Å²) in [6.45, 7) is 3.69. The summed E-state index contributed by atoms with van der Waals surface area (Å²) in [5.41, 5.74) is 4.09. The van der Waals surface area contributed by atoms with E-state index >= 15 is 0 Å². The molecular formula is C14H13N5O2S2. The van der Waals surface area contributed by atoms with E-state index in [-0.39, 0.29) is 11.7 Å². The minimum atomic E-state index is -0.104. The van der Waals surface area contributed by atoms with Crippen LogP contribution in [0.15, 0.2) is 32.6 Å². The normalized spacial score (nSPS) is 10.7.